The van der Waals surface area contributed by atoms with E-state index in [1.807, 2.05) is 29.7 Å². The number of hydrogen-bond acceptors (Lipinski definition) is 3. The van der Waals surface area contributed by atoms with Crippen molar-refractivity contribution in [1.82, 2.24) is 14.4 Å². The lowest BCUT2D eigenvalue weighted by Gasteiger charge is -2.34. The second-order valence-electron chi connectivity index (χ2n) is 7.87. The molecule has 1 aromatic carbocycles. The van der Waals surface area contributed by atoms with Crippen LogP contribution in [0.1, 0.15) is 41.6 Å². The van der Waals surface area contributed by atoms with Crippen molar-refractivity contribution >= 4 is 17.5 Å². The third kappa shape index (κ3) is 4.85. The summed E-state index contributed by atoms with van der Waals surface area (Å²) in [5.74, 6) is -0.421. The van der Waals surface area contributed by atoms with Crippen LogP contribution in [-0.4, -0.2) is 58.9 Å². The standard InChI is InChI=1S/C22H29FN4O2/c1-15(2)27-16(3)13-20(17(27)4)22(29)26-11-9-25(10-12-26)14-21(28)24-19-7-5-18(23)6-8-19/h5-8,13,15H,9-12,14H2,1-4H3,(H,24,28). The number of amides is 2. The van der Waals surface area contributed by atoms with Gasteiger partial charge in [-0.05, 0) is 58.0 Å². The van der Waals surface area contributed by atoms with E-state index in [4.69, 9.17) is 0 Å². The van der Waals surface area contributed by atoms with Crippen LogP contribution >= 0.6 is 0 Å². The third-order valence-corrected chi connectivity index (χ3v) is 5.39. The first-order valence-electron chi connectivity index (χ1n) is 10.0. The molecule has 0 spiro atoms. The molecule has 29 heavy (non-hydrogen) atoms. The van der Waals surface area contributed by atoms with Crippen molar-refractivity contribution in [2.24, 2.45) is 0 Å². The Morgan fingerprint density at radius 3 is 2.24 bits per heavy atom. The van der Waals surface area contributed by atoms with Gasteiger partial charge in [-0.15, -0.1) is 0 Å². The smallest absolute Gasteiger partial charge is 0.255 e. The van der Waals surface area contributed by atoms with Crippen LogP contribution in [0.4, 0.5) is 10.1 Å². The Kier molecular flexibility index (Phi) is 6.37. The predicted molar refractivity (Wildman–Crippen MR) is 112 cm³/mol. The molecular weight excluding hydrogens is 371 g/mol. The molecule has 1 aromatic heterocycles. The van der Waals surface area contributed by atoms with Gasteiger partial charge in [0.15, 0.2) is 0 Å². The maximum Gasteiger partial charge on any atom is 0.255 e. The molecule has 1 N–H and O–H groups in total. The molecule has 0 saturated carbocycles. The number of nitrogens with zero attached hydrogens (tertiary/aromatic N) is 3. The fraction of sp³-hybridized carbons (Fsp3) is 0.455. The minimum Gasteiger partial charge on any atom is -0.346 e. The quantitative estimate of drug-likeness (QED) is 0.838. The van der Waals surface area contributed by atoms with Crippen LogP contribution in [0.5, 0.6) is 0 Å². The number of nitrogens with one attached hydrogen (secondary N) is 1. The number of rotatable bonds is 5. The number of aromatic nitrogens is 1. The van der Waals surface area contributed by atoms with Crippen LogP contribution in [0.2, 0.25) is 0 Å². The second-order valence-corrected chi connectivity index (χ2v) is 7.87. The molecular formula is C22H29FN4O2. The molecule has 7 heteroatoms. The molecule has 1 aliphatic rings. The van der Waals surface area contributed by atoms with Gasteiger partial charge >= 0.3 is 0 Å². The SMILES string of the molecule is Cc1cc(C(=O)N2CCN(CC(=O)Nc3ccc(F)cc3)CC2)c(C)n1C(C)C. The van der Waals surface area contributed by atoms with Crippen molar-refractivity contribution < 1.29 is 14.0 Å². The monoisotopic (exact) mass is 400 g/mol. The summed E-state index contributed by atoms with van der Waals surface area (Å²) in [6.45, 7) is 11.0. The van der Waals surface area contributed by atoms with Gasteiger partial charge in [-0.25, -0.2) is 4.39 Å². The topological polar surface area (TPSA) is 57.6 Å². The van der Waals surface area contributed by atoms with Crippen molar-refractivity contribution in [1.29, 1.82) is 0 Å². The highest BCUT2D eigenvalue weighted by molar-refractivity contribution is 5.96. The van der Waals surface area contributed by atoms with Crippen LogP contribution in [0, 0.1) is 19.7 Å². The van der Waals surface area contributed by atoms with Crippen molar-refractivity contribution in [2.75, 3.05) is 38.0 Å². The first-order valence-corrected chi connectivity index (χ1v) is 10.0. The highest BCUT2D eigenvalue weighted by Gasteiger charge is 2.26. The predicted octanol–water partition coefficient (Wildman–Crippen LogP) is 3.22. The molecule has 3 rings (SSSR count). The minimum atomic E-state index is -0.335. The number of halogens is 1. The fourth-order valence-electron chi connectivity index (χ4n) is 4.00. The molecule has 6 nitrogen and oxygen atoms in total. The normalized spacial score (nSPS) is 15.0. The number of carbonyl (C=O) groups is 2. The number of piperazine rings is 1. The summed E-state index contributed by atoms with van der Waals surface area (Å²) in [5, 5.41) is 2.77. The van der Waals surface area contributed by atoms with Gasteiger partial charge in [0, 0.05) is 49.3 Å². The zero-order chi connectivity index (χ0) is 21.1. The van der Waals surface area contributed by atoms with Crippen molar-refractivity contribution in [3.05, 3.63) is 53.1 Å². The molecule has 0 atom stereocenters. The van der Waals surface area contributed by atoms with Crippen LogP contribution < -0.4 is 5.32 Å². The Morgan fingerprint density at radius 2 is 1.69 bits per heavy atom. The molecule has 0 radical (unpaired) electrons. The van der Waals surface area contributed by atoms with E-state index in [0.717, 1.165) is 17.0 Å². The van der Waals surface area contributed by atoms with Crippen LogP contribution in [0.15, 0.2) is 30.3 Å². The van der Waals surface area contributed by atoms with Crippen molar-refractivity contribution in [3.63, 3.8) is 0 Å². The first-order chi connectivity index (χ1) is 13.8. The summed E-state index contributed by atoms with van der Waals surface area (Å²) < 4.78 is 15.1. The van der Waals surface area contributed by atoms with Gasteiger partial charge in [-0.2, -0.15) is 0 Å². The van der Waals surface area contributed by atoms with Gasteiger partial charge in [0.2, 0.25) is 5.91 Å². The number of benzene rings is 1. The minimum absolute atomic E-state index is 0.0559. The molecule has 156 valence electrons. The summed E-state index contributed by atoms with van der Waals surface area (Å²) >= 11 is 0. The van der Waals surface area contributed by atoms with E-state index in [9.17, 15) is 14.0 Å². The third-order valence-electron chi connectivity index (χ3n) is 5.39. The Morgan fingerprint density at radius 1 is 1.07 bits per heavy atom. The van der Waals surface area contributed by atoms with E-state index in [0.29, 0.717) is 37.9 Å². The molecule has 0 aliphatic carbocycles. The number of carbonyl (C=O) groups excluding carboxylic acids is 2. The van der Waals surface area contributed by atoms with E-state index >= 15 is 0 Å². The van der Waals surface area contributed by atoms with E-state index in [-0.39, 0.29) is 24.2 Å². The molecule has 0 bridgehead atoms. The maximum atomic E-state index is 13.0. The molecule has 2 aromatic rings. The molecule has 0 unspecified atom stereocenters. The summed E-state index contributed by atoms with van der Waals surface area (Å²) in [6.07, 6.45) is 0. The van der Waals surface area contributed by atoms with E-state index in [1.54, 1.807) is 0 Å². The average molecular weight is 400 g/mol. The van der Waals surface area contributed by atoms with E-state index < -0.39 is 0 Å². The lowest BCUT2D eigenvalue weighted by atomic mass is 10.2. The summed E-state index contributed by atoms with van der Waals surface area (Å²) in [4.78, 5) is 29.1. The fourth-order valence-corrected chi connectivity index (χ4v) is 4.00. The van der Waals surface area contributed by atoms with E-state index in [2.05, 4.69) is 23.7 Å². The first kappa shape index (κ1) is 21.0. The Balaban J connectivity index is 1.54. The highest BCUT2D eigenvalue weighted by Crippen LogP contribution is 2.22. The Hall–Kier alpha value is -2.67. The molecule has 1 aliphatic heterocycles. The largest absolute Gasteiger partial charge is 0.346 e. The van der Waals surface area contributed by atoms with Crippen molar-refractivity contribution in [3.8, 4) is 0 Å². The van der Waals surface area contributed by atoms with Crippen molar-refractivity contribution in [2.45, 2.75) is 33.7 Å². The Labute approximate surface area is 171 Å². The van der Waals surface area contributed by atoms with Gasteiger partial charge in [-0.1, -0.05) is 0 Å². The highest BCUT2D eigenvalue weighted by atomic mass is 19.1. The van der Waals surface area contributed by atoms with E-state index in [1.165, 1.54) is 24.3 Å². The van der Waals surface area contributed by atoms with Gasteiger partial charge in [-0.3, -0.25) is 14.5 Å². The lowest BCUT2D eigenvalue weighted by molar-refractivity contribution is -0.117. The summed E-state index contributed by atoms with van der Waals surface area (Å²) in [7, 11) is 0. The molecule has 1 saturated heterocycles. The van der Waals surface area contributed by atoms with Gasteiger partial charge in [0.1, 0.15) is 5.82 Å². The molecule has 2 heterocycles. The molecule has 2 amide bonds. The zero-order valence-corrected chi connectivity index (χ0v) is 17.5. The van der Waals surface area contributed by atoms with Crippen LogP contribution in [-0.2, 0) is 4.79 Å². The Bertz CT molecular complexity index is 881. The van der Waals surface area contributed by atoms with Crippen LogP contribution in [0.3, 0.4) is 0 Å². The summed E-state index contributed by atoms with van der Waals surface area (Å²) in [6, 6.07) is 8.00. The number of hydrogen-bond donors (Lipinski definition) is 1. The van der Waals surface area contributed by atoms with Gasteiger partial charge in [0.25, 0.3) is 5.91 Å². The molecule has 1 fully saturated rings. The summed E-state index contributed by atoms with van der Waals surface area (Å²) in [5.41, 5.74) is 3.44. The lowest BCUT2D eigenvalue weighted by Crippen LogP contribution is -2.50. The average Bonchev–Trinajstić information content (AvgIpc) is 2.98. The number of aryl methyl sites for hydroxylation is 1. The number of anilines is 1. The second kappa shape index (κ2) is 8.78. The van der Waals surface area contributed by atoms with Gasteiger partial charge < -0.3 is 14.8 Å². The van der Waals surface area contributed by atoms with Gasteiger partial charge in [0.05, 0.1) is 12.1 Å². The maximum absolute atomic E-state index is 13.0. The van der Waals surface area contributed by atoms with Crippen LogP contribution in [0.25, 0.3) is 0 Å². The zero-order valence-electron chi connectivity index (χ0n) is 17.5.